The average Bonchev–Trinajstić information content (AvgIpc) is 2.27. The highest BCUT2D eigenvalue weighted by atomic mass is 16.5. The van der Waals surface area contributed by atoms with Gasteiger partial charge in [0, 0.05) is 5.56 Å². The molecular formula is C11H12O5. The molecule has 0 bridgehead atoms. The van der Waals surface area contributed by atoms with Gasteiger partial charge in [-0.25, -0.2) is 0 Å². The number of ether oxygens (including phenoxy) is 2. The Kier molecular flexibility index (Phi) is 3.88. The monoisotopic (exact) mass is 224 g/mol. The lowest BCUT2D eigenvalue weighted by Crippen LogP contribution is -2.04. The maximum absolute atomic E-state index is 10.8. The van der Waals surface area contributed by atoms with Gasteiger partial charge >= 0.3 is 5.97 Å². The highest BCUT2D eigenvalue weighted by molar-refractivity contribution is 5.82. The summed E-state index contributed by atoms with van der Waals surface area (Å²) in [4.78, 5) is 21.4. The van der Waals surface area contributed by atoms with E-state index in [1.807, 2.05) is 0 Å². The maximum Gasteiger partial charge on any atom is 0.307 e. The molecule has 0 heterocycles. The summed E-state index contributed by atoms with van der Waals surface area (Å²) in [6, 6.07) is 2.96. The first kappa shape index (κ1) is 12.0. The van der Waals surface area contributed by atoms with E-state index < -0.39 is 5.97 Å². The van der Waals surface area contributed by atoms with Crippen molar-refractivity contribution in [3.8, 4) is 11.5 Å². The molecule has 1 rings (SSSR count). The third-order valence-corrected chi connectivity index (χ3v) is 2.11. The van der Waals surface area contributed by atoms with Crippen molar-refractivity contribution < 1.29 is 24.2 Å². The molecule has 5 nitrogen and oxygen atoms in total. The Morgan fingerprint density at radius 3 is 2.31 bits per heavy atom. The van der Waals surface area contributed by atoms with Crippen LogP contribution in [0.15, 0.2) is 12.1 Å². The number of aldehydes is 1. The molecule has 1 aromatic carbocycles. The molecule has 1 aromatic rings. The number of methoxy groups -OCH3 is 2. The van der Waals surface area contributed by atoms with Gasteiger partial charge in [-0.3, -0.25) is 9.59 Å². The minimum Gasteiger partial charge on any atom is -0.493 e. The number of hydrogen-bond donors (Lipinski definition) is 1. The highest BCUT2D eigenvalue weighted by Gasteiger charge is 2.12. The van der Waals surface area contributed by atoms with Crippen molar-refractivity contribution >= 4 is 12.3 Å². The average molecular weight is 224 g/mol. The van der Waals surface area contributed by atoms with E-state index in [1.165, 1.54) is 26.4 Å². The summed E-state index contributed by atoms with van der Waals surface area (Å²) in [5, 5.41) is 8.69. The second-order valence-electron chi connectivity index (χ2n) is 3.09. The van der Waals surface area contributed by atoms with Gasteiger partial charge in [-0.05, 0) is 17.7 Å². The number of hydrogen-bond acceptors (Lipinski definition) is 4. The number of carboxylic acids is 1. The SMILES string of the molecule is COc1cc(C=O)c(CC(=O)O)cc1OC. The maximum atomic E-state index is 10.8. The normalized spacial score (nSPS) is 9.62. The molecule has 0 aromatic heterocycles. The number of aliphatic carboxylic acids is 1. The van der Waals surface area contributed by atoms with Gasteiger partial charge < -0.3 is 14.6 Å². The highest BCUT2D eigenvalue weighted by Crippen LogP contribution is 2.30. The van der Waals surface area contributed by atoms with E-state index in [9.17, 15) is 9.59 Å². The van der Waals surface area contributed by atoms with Crippen LogP contribution in [0.4, 0.5) is 0 Å². The minimum atomic E-state index is -1.00. The molecule has 5 heteroatoms. The van der Waals surface area contributed by atoms with Crippen molar-refractivity contribution in [3.05, 3.63) is 23.3 Å². The van der Waals surface area contributed by atoms with E-state index in [1.54, 1.807) is 0 Å². The molecule has 0 spiro atoms. The number of benzene rings is 1. The van der Waals surface area contributed by atoms with Gasteiger partial charge in [0.1, 0.15) is 6.29 Å². The van der Waals surface area contributed by atoms with Crippen LogP contribution < -0.4 is 9.47 Å². The van der Waals surface area contributed by atoms with Crippen LogP contribution in [-0.2, 0) is 11.2 Å². The molecule has 0 amide bonds. The van der Waals surface area contributed by atoms with E-state index in [0.29, 0.717) is 28.9 Å². The summed E-state index contributed by atoms with van der Waals surface area (Å²) >= 11 is 0. The Morgan fingerprint density at radius 1 is 1.31 bits per heavy atom. The Bertz CT molecular complexity index is 411. The molecule has 0 saturated carbocycles. The smallest absolute Gasteiger partial charge is 0.307 e. The molecule has 1 N–H and O–H groups in total. The van der Waals surface area contributed by atoms with Crippen molar-refractivity contribution in [1.82, 2.24) is 0 Å². The number of rotatable bonds is 5. The van der Waals surface area contributed by atoms with E-state index in [0.717, 1.165) is 0 Å². The largest absolute Gasteiger partial charge is 0.493 e. The zero-order chi connectivity index (χ0) is 12.1. The van der Waals surface area contributed by atoms with Crippen molar-refractivity contribution in [1.29, 1.82) is 0 Å². The van der Waals surface area contributed by atoms with Crippen LogP contribution in [-0.4, -0.2) is 31.6 Å². The molecule has 0 aliphatic heterocycles. The topological polar surface area (TPSA) is 72.8 Å². The van der Waals surface area contributed by atoms with Crippen LogP contribution in [0.5, 0.6) is 11.5 Å². The zero-order valence-electron chi connectivity index (χ0n) is 9.02. The summed E-state index contributed by atoms with van der Waals surface area (Å²) in [5.41, 5.74) is 0.695. The van der Waals surface area contributed by atoms with Crippen molar-refractivity contribution in [2.75, 3.05) is 14.2 Å². The molecule has 0 unspecified atom stereocenters. The molecule has 0 aliphatic rings. The van der Waals surface area contributed by atoms with Crippen molar-refractivity contribution in [3.63, 3.8) is 0 Å². The Balaban J connectivity index is 3.25. The van der Waals surface area contributed by atoms with E-state index >= 15 is 0 Å². The number of carbonyl (C=O) groups is 2. The van der Waals surface area contributed by atoms with Gasteiger partial charge in [-0.2, -0.15) is 0 Å². The lowest BCUT2D eigenvalue weighted by atomic mass is 10.0. The summed E-state index contributed by atoms with van der Waals surface area (Å²) in [6.45, 7) is 0. The molecule has 0 atom stereocenters. The Morgan fingerprint density at radius 2 is 1.88 bits per heavy atom. The minimum absolute atomic E-state index is 0.228. The van der Waals surface area contributed by atoms with Gasteiger partial charge in [0.2, 0.25) is 0 Å². The molecule has 86 valence electrons. The first-order valence-electron chi connectivity index (χ1n) is 4.54. The van der Waals surface area contributed by atoms with Crippen LogP contribution >= 0.6 is 0 Å². The molecule has 0 radical (unpaired) electrons. The lowest BCUT2D eigenvalue weighted by Gasteiger charge is -2.10. The lowest BCUT2D eigenvalue weighted by molar-refractivity contribution is -0.136. The van der Waals surface area contributed by atoms with Crippen molar-refractivity contribution in [2.45, 2.75) is 6.42 Å². The predicted octanol–water partition coefficient (Wildman–Crippen LogP) is 1.14. The van der Waals surface area contributed by atoms with E-state index in [-0.39, 0.29) is 6.42 Å². The number of carbonyl (C=O) groups excluding carboxylic acids is 1. The molecular weight excluding hydrogens is 212 g/mol. The van der Waals surface area contributed by atoms with Gasteiger partial charge in [0.25, 0.3) is 0 Å². The van der Waals surface area contributed by atoms with E-state index in [2.05, 4.69) is 0 Å². The third kappa shape index (κ3) is 2.50. The van der Waals surface area contributed by atoms with Crippen LogP contribution in [0.1, 0.15) is 15.9 Å². The van der Waals surface area contributed by atoms with Crippen LogP contribution in [0, 0.1) is 0 Å². The standard InChI is InChI=1S/C11H12O5/c1-15-9-3-7(5-11(13)14)8(6-12)4-10(9)16-2/h3-4,6H,5H2,1-2H3,(H,13,14). The van der Waals surface area contributed by atoms with Crippen molar-refractivity contribution in [2.24, 2.45) is 0 Å². The van der Waals surface area contributed by atoms with Crippen LogP contribution in [0.3, 0.4) is 0 Å². The fraction of sp³-hybridized carbons (Fsp3) is 0.273. The quantitative estimate of drug-likeness (QED) is 0.759. The zero-order valence-corrected chi connectivity index (χ0v) is 9.02. The second kappa shape index (κ2) is 5.16. The van der Waals surface area contributed by atoms with Crippen LogP contribution in [0.2, 0.25) is 0 Å². The molecule has 16 heavy (non-hydrogen) atoms. The summed E-state index contributed by atoms with van der Waals surface area (Å²) in [7, 11) is 2.90. The van der Waals surface area contributed by atoms with Gasteiger partial charge in [-0.15, -0.1) is 0 Å². The van der Waals surface area contributed by atoms with Gasteiger partial charge in [0.05, 0.1) is 20.6 Å². The fourth-order valence-corrected chi connectivity index (χ4v) is 1.36. The molecule has 0 aliphatic carbocycles. The Hall–Kier alpha value is -2.04. The van der Waals surface area contributed by atoms with Gasteiger partial charge in [0.15, 0.2) is 11.5 Å². The van der Waals surface area contributed by atoms with E-state index in [4.69, 9.17) is 14.6 Å². The summed E-state index contributed by atoms with van der Waals surface area (Å²) < 4.78 is 10.0. The molecule has 0 saturated heterocycles. The first-order valence-corrected chi connectivity index (χ1v) is 4.54. The second-order valence-corrected chi connectivity index (χ2v) is 3.09. The third-order valence-electron chi connectivity index (χ3n) is 2.11. The summed E-state index contributed by atoms with van der Waals surface area (Å²) in [6.07, 6.45) is 0.370. The first-order chi connectivity index (χ1) is 7.62. The van der Waals surface area contributed by atoms with Gasteiger partial charge in [-0.1, -0.05) is 0 Å². The molecule has 0 fully saturated rings. The summed E-state index contributed by atoms with van der Waals surface area (Å²) in [5.74, 6) is -0.196. The number of carboxylic acid groups (broad SMARTS) is 1. The Labute approximate surface area is 92.6 Å². The van der Waals surface area contributed by atoms with Crippen LogP contribution in [0.25, 0.3) is 0 Å². The predicted molar refractivity (Wildman–Crippen MR) is 56.3 cm³/mol. The fourth-order valence-electron chi connectivity index (χ4n) is 1.36.